The van der Waals surface area contributed by atoms with Crippen LogP contribution in [-0.2, 0) is 0 Å². The zero-order chi connectivity index (χ0) is 9.73. The fourth-order valence-electron chi connectivity index (χ4n) is 1.78. The molecule has 1 rings (SSSR count). The van der Waals surface area contributed by atoms with Crippen molar-refractivity contribution in [1.29, 1.82) is 0 Å². The predicted molar refractivity (Wildman–Crippen MR) is 61.3 cm³/mol. The second-order valence-corrected chi connectivity index (χ2v) is 5.23. The van der Waals surface area contributed by atoms with E-state index in [-0.39, 0.29) is 5.54 Å². The number of nitrogens with zero attached hydrogens (tertiary/aromatic N) is 1. The van der Waals surface area contributed by atoms with E-state index in [0.29, 0.717) is 0 Å². The molecule has 0 amide bonds. The van der Waals surface area contributed by atoms with Crippen molar-refractivity contribution in [2.75, 3.05) is 31.1 Å². The van der Waals surface area contributed by atoms with Crippen LogP contribution in [0.3, 0.4) is 0 Å². The summed E-state index contributed by atoms with van der Waals surface area (Å²) in [5.74, 6) is 2.59. The third-order valence-electron chi connectivity index (χ3n) is 3.19. The van der Waals surface area contributed by atoms with Gasteiger partial charge in [-0.2, -0.15) is 11.8 Å². The molecule has 0 aromatic rings. The van der Waals surface area contributed by atoms with Gasteiger partial charge in [-0.1, -0.05) is 6.92 Å². The van der Waals surface area contributed by atoms with Crippen LogP contribution in [0.5, 0.6) is 0 Å². The number of nitrogens with two attached hydrogens (primary N) is 1. The summed E-state index contributed by atoms with van der Waals surface area (Å²) < 4.78 is 0. The minimum atomic E-state index is 0.241. The Balaban J connectivity index is 2.55. The molecule has 3 heteroatoms. The van der Waals surface area contributed by atoms with Gasteiger partial charge in [-0.15, -0.1) is 0 Å². The highest BCUT2D eigenvalue weighted by Crippen LogP contribution is 2.21. The third-order valence-corrected chi connectivity index (χ3v) is 4.24. The molecule has 0 aromatic carbocycles. The highest BCUT2D eigenvalue weighted by molar-refractivity contribution is 7.99. The van der Waals surface area contributed by atoms with Crippen molar-refractivity contribution in [2.24, 2.45) is 5.73 Å². The van der Waals surface area contributed by atoms with Crippen LogP contribution < -0.4 is 5.73 Å². The van der Waals surface area contributed by atoms with Crippen LogP contribution in [0, 0.1) is 0 Å². The average molecular weight is 202 g/mol. The van der Waals surface area contributed by atoms with Gasteiger partial charge in [-0.3, -0.25) is 4.90 Å². The lowest BCUT2D eigenvalue weighted by atomic mass is 9.96. The maximum absolute atomic E-state index is 5.85. The molecule has 1 aliphatic rings. The Morgan fingerprint density at radius 2 is 2.15 bits per heavy atom. The van der Waals surface area contributed by atoms with E-state index >= 15 is 0 Å². The summed E-state index contributed by atoms with van der Waals surface area (Å²) in [6.07, 6.45) is 2.48. The minimum Gasteiger partial charge on any atom is -0.329 e. The van der Waals surface area contributed by atoms with E-state index in [2.05, 4.69) is 30.5 Å². The van der Waals surface area contributed by atoms with Gasteiger partial charge in [-0.25, -0.2) is 0 Å². The molecule has 0 spiro atoms. The first-order valence-electron chi connectivity index (χ1n) is 5.26. The molecule has 1 atom stereocenters. The standard InChI is InChI=1S/C10H22N2S/c1-3-10(2,9-11)12-5-4-7-13-8-6-12/h3-9,11H2,1-2H3. The molecule has 2 nitrogen and oxygen atoms in total. The summed E-state index contributed by atoms with van der Waals surface area (Å²) >= 11 is 2.07. The number of rotatable bonds is 3. The van der Waals surface area contributed by atoms with Gasteiger partial charge in [0.25, 0.3) is 0 Å². The summed E-state index contributed by atoms with van der Waals surface area (Å²) in [5.41, 5.74) is 6.09. The third kappa shape index (κ3) is 2.86. The lowest BCUT2D eigenvalue weighted by molar-refractivity contribution is 0.116. The Kier molecular flexibility index (Phi) is 4.56. The molecule has 1 unspecified atom stereocenters. The van der Waals surface area contributed by atoms with Crippen LogP contribution in [0.2, 0.25) is 0 Å². The fourth-order valence-corrected chi connectivity index (χ4v) is 2.67. The van der Waals surface area contributed by atoms with E-state index in [9.17, 15) is 0 Å². The quantitative estimate of drug-likeness (QED) is 0.753. The molecule has 1 fully saturated rings. The van der Waals surface area contributed by atoms with E-state index in [1.54, 1.807) is 0 Å². The first-order valence-corrected chi connectivity index (χ1v) is 6.41. The Morgan fingerprint density at radius 3 is 2.77 bits per heavy atom. The van der Waals surface area contributed by atoms with Crippen LogP contribution in [-0.4, -0.2) is 41.6 Å². The molecule has 0 radical (unpaired) electrons. The predicted octanol–water partition coefficient (Wildman–Crippen LogP) is 1.55. The van der Waals surface area contributed by atoms with Gasteiger partial charge in [0.1, 0.15) is 0 Å². The molecule has 0 bridgehead atoms. The van der Waals surface area contributed by atoms with Crippen molar-refractivity contribution < 1.29 is 0 Å². The largest absolute Gasteiger partial charge is 0.329 e. The first-order chi connectivity index (χ1) is 6.23. The van der Waals surface area contributed by atoms with Gasteiger partial charge >= 0.3 is 0 Å². The van der Waals surface area contributed by atoms with Crippen molar-refractivity contribution >= 4 is 11.8 Å². The first kappa shape index (κ1) is 11.3. The monoisotopic (exact) mass is 202 g/mol. The molecule has 2 N–H and O–H groups in total. The molecule has 78 valence electrons. The summed E-state index contributed by atoms with van der Waals surface area (Å²) in [4.78, 5) is 2.58. The fraction of sp³-hybridized carbons (Fsp3) is 1.00. The van der Waals surface area contributed by atoms with Gasteiger partial charge in [0.05, 0.1) is 0 Å². The van der Waals surface area contributed by atoms with E-state index in [1.807, 2.05) is 0 Å². The van der Waals surface area contributed by atoms with E-state index < -0.39 is 0 Å². The van der Waals surface area contributed by atoms with Crippen molar-refractivity contribution in [3.63, 3.8) is 0 Å². The maximum atomic E-state index is 5.85. The van der Waals surface area contributed by atoms with Gasteiger partial charge in [-0.05, 0) is 32.1 Å². The molecular weight excluding hydrogens is 180 g/mol. The Bertz CT molecular complexity index is 138. The zero-order valence-corrected chi connectivity index (χ0v) is 9.70. The average Bonchev–Trinajstić information content (AvgIpc) is 2.45. The van der Waals surface area contributed by atoms with E-state index in [4.69, 9.17) is 5.73 Å². The molecule has 0 aliphatic carbocycles. The lowest BCUT2D eigenvalue weighted by Crippen LogP contribution is -2.52. The van der Waals surface area contributed by atoms with Crippen molar-refractivity contribution in [3.05, 3.63) is 0 Å². The molecule has 13 heavy (non-hydrogen) atoms. The Labute approximate surface area is 86.2 Å². The molecule has 0 saturated carbocycles. The minimum absolute atomic E-state index is 0.241. The zero-order valence-electron chi connectivity index (χ0n) is 8.88. The smallest absolute Gasteiger partial charge is 0.0301 e. The molecule has 1 heterocycles. The van der Waals surface area contributed by atoms with Crippen LogP contribution >= 0.6 is 11.8 Å². The second kappa shape index (κ2) is 5.23. The summed E-state index contributed by atoms with van der Waals surface area (Å²) in [6.45, 7) is 7.77. The van der Waals surface area contributed by atoms with E-state index in [1.165, 1.54) is 31.0 Å². The number of hydrogen-bond acceptors (Lipinski definition) is 3. The Hall–Kier alpha value is 0.270. The van der Waals surface area contributed by atoms with E-state index in [0.717, 1.165) is 13.0 Å². The summed E-state index contributed by atoms with van der Waals surface area (Å²) in [5, 5.41) is 0. The van der Waals surface area contributed by atoms with Crippen molar-refractivity contribution in [1.82, 2.24) is 4.90 Å². The van der Waals surface area contributed by atoms with Gasteiger partial charge < -0.3 is 5.73 Å². The van der Waals surface area contributed by atoms with Crippen molar-refractivity contribution in [3.8, 4) is 0 Å². The lowest BCUT2D eigenvalue weighted by Gasteiger charge is -2.39. The molecular formula is C10H22N2S. The topological polar surface area (TPSA) is 29.3 Å². The Morgan fingerprint density at radius 1 is 1.38 bits per heavy atom. The summed E-state index contributed by atoms with van der Waals surface area (Å²) in [6, 6.07) is 0. The molecule has 1 aliphatic heterocycles. The SMILES string of the molecule is CCC(C)(CN)N1CCCSCC1. The maximum Gasteiger partial charge on any atom is 0.0301 e. The van der Waals surface area contributed by atoms with Gasteiger partial charge in [0.15, 0.2) is 0 Å². The second-order valence-electron chi connectivity index (χ2n) is 4.01. The normalized spacial score (nSPS) is 25.2. The molecule has 0 aromatic heterocycles. The van der Waals surface area contributed by atoms with Crippen LogP contribution in [0.25, 0.3) is 0 Å². The molecule has 1 saturated heterocycles. The summed E-state index contributed by atoms with van der Waals surface area (Å²) in [7, 11) is 0. The number of hydrogen-bond donors (Lipinski definition) is 1. The van der Waals surface area contributed by atoms with Crippen LogP contribution in [0.4, 0.5) is 0 Å². The van der Waals surface area contributed by atoms with Crippen LogP contribution in [0.15, 0.2) is 0 Å². The highest BCUT2D eigenvalue weighted by atomic mass is 32.2. The number of thioether (sulfide) groups is 1. The van der Waals surface area contributed by atoms with Crippen LogP contribution in [0.1, 0.15) is 26.7 Å². The van der Waals surface area contributed by atoms with Gasteiger partial charge in [0, 0.05) is 24.4 Å². The van der Waals surface area contributed by atoms with Crippen molar-refractivity contribution in [2.45, 2.75) is 32.2 Å². The van der Waals surface area contributed by atoms with Gasteiger partial charge in [0.2, 0.25) is 0 Å². The highest BCUT2D eigenvalue weighted by Gasteiger charge is 2.28.